The molecule has 0 aliphatic rings. The van der Waals surface area contributed by atoms with E-state index in [2.05, 4.69) is 42.3 Å². The number of rotatable bonds is 1. The Morgan fingerprint density at radius 1 is 0.778 bits per heavy atom. The molecule has 104 valence electrons. The van der Waals surface area contributed by atoms with Crippen molar-refractivity contribution in [2.75, 3.05) is 42.3 Å². The van der Waals surface area contributed by atoms with Gasteiger partial charge in [-0.2, -0.15) is 0 Å². The highest BCUT2D eigenvalue weighted by Crippen LogP contribution is 1.91. The summed E-state index contributed by atoms with van der Waals surface area (Å²) in [7, 11) is 10.7. The molecule has 0 saturated heterocycles. The van der Waals surface area contributed by atoms with E-state index < -0.39 is 7.12 Å². The Kier molecular flexibility index (Phi) is 12.1. The van der Waals surface area contributed by atoms with Crippen molar-refractivity contribution in [1.29, 1.82) is 0 Å². The van der Waals surface area contributed by atoms with E-state index in [1.807, 2.05) is 6.92 Å². The van der Waals surface area contributed by atoms with Crippen LogP contribution < -0.4 is 25.3 Å². The molecule has 0 unspecified atom stereocenters. The lowest BCUT2D eigenvalue weighted by molar-refractivity contribution is -0.836. The van der Waals surface area contributed by atoms with Gasteiger partial charge in [-0.05, 0) is 6.92 Å². The molecular weight excluding hydrogens is 227 g/mol. The van der Waals surface area contributed by atoms with Crippen LogP contribution in [0.2, 0.25) is 0 Å². The summed E-state index contributed by atoms with van der Waals surface area (Å²) in [6.07, 6.45) is 0. The SMILES string of the molecule is C[NH+](C)C.C[NH+](C)C.Cc1ccc(B([O-])[O-])cc1. The van der Waals surface area contributed by atoms with Gasteiger partial charge in [0.1, 0.15) is 0 Å². The second-order valence-electron chi connectivity index (χ2n) is 5.24. The summed E-state index contributed by atoms with van der Waals surface area (Å²) in [5.41, 5.74) is 1.37. The van der Waals surface area contributed by atoms with Gasteiger partial charge in [-0.3, -0.25) is 0 Å². The molecule has 0 spiro atoms. The van der Waals surface area contributed by atoms with E-state index in [0.29, 0.717) is 5.46 Å². The predicted molar refractivity (Wildman–Crippen MR) is 74.0 cm³/mol. The van der Waals surface area contributed by atoms with Gasteiger partial charge in [0, 0.05) is 0 Å². The number of nitrogens with one attached hydrogen (secondary N) is 2. The highest BCUT2D eigenvalue weighted by atomic mass is 16.4. The Bertz CT molecular complexity index is 276. The van der Waals surface area contributed by atoms with Gasteiger partial charge < -0.3 is 19.8 Å². The average Bonchev–Trinajstić information content (AvgIpc) is 2.16. The van der Waals surface area contributed by atoms with E-state index in [1.165, 1.54) is 9.80 Å². The summed E-state index contributed by atoms with van der Waals surface area (Å²) in [5, 5.41) is 20.6. The highest BCUT2D eigenvalue weighted by molar-refractivity contribution is 6.55. The van der Waals surface area contributed by atoms with Gasteiger partial charge >= 0.3 is 0 Å². The first-order chi connectivity index (χ1) is 8.16. The van der Waals surface area contributed by atoms with Gasteiger partial charge in [-0.1, -0.05) is 36.9 Å². The van der Waals surface area contributed by atoms with Crippen LogP contribution in [-0.4, -0.2) is 49.4 Å². The zero-order valence-electron chi connectivity index (χ0n) is 12.7. The van der Waals surface area contributed by atoms with Gasteiger partial charge in [0.25, 0.3) is 0 Å². The van der Waals surface area contributed by atoms with Crippen molar-refractivity contribution in [1.82, 2.24) is 0 Å². The lowest BCUT2D eigenvalue weighted by Crippen LogP contribution is -3.02. The lowest BCUT2D eigenvalue weighted by Gasteiger charge is -2.26. The van der Waals surface area contributed by atoms with Crippen LogP contribution in [0.5, 0.6) is 0 Å². The summed E-state index contributed by atoms with van der Waals surface area (Å²) < 4.78 is 0. The first kappa shape index (κ1) is 19.5. The molecule has 4 nitrogen and oxygen atoms in total. The van der Waals surface area contributed by atoms with Crippen molar-refractivity contribution < 1.29 is 19.8 Å². The third kappa shape index (κ3) is 17.5. The van der Waals surface area contributed by atoms with Crippen molar-refractivity contribution in [3.05, 3.63) is 29.8 Å². The second-order valence-corrected chi connectivity index (χ2v) is 5.24. The molecule has 18 heavy (non-hydrogen) atoms. The van der Waals surface area contributed by atoms with Crippen LogP contribution >= 0.6 is 0 Å². The van der Waals surface area contributed by atoms with Crippen LogP contribution in [0, 0.1) is 6.92 Å². The third-order valence-corrected chi connectivity index (χ3v) is 1.35. The van der Waals surface area contributed by atoms with Gasteiger partial charge in [-0.15, -0.1) is 5.46 Å². The maximum atomic E-state index is 10.3. The topological polar surface area (TPSA) is 55.0 Å². The van der Waals surface area contributed by atoms with Crippen LogP contribution in [0.25, 0.3) is 0 Å². The normalized spacial score (nSPS) is 9.28. The smallest absolute Gasteiger partial charge is 0.0661 e. The molecule has 0 aromatic heterocycles. The Balaban J connectivity index is 0. The molecule has 2 N–H and O–H groups in total. The van der Waals surface area contributed by atoms with Gasteiger partial charge in [0.05, 0.1) is 42.3 Å². The molecule has 0 aliphatic heterocycles. The minimum Gasteiger partial charge on any atom is -0.889 e. The quantitative estimate of drug-likeness (QED) is 0.501. The third-order valence-electron chi connectivity index (χ3n) is 1.35. The fourth-order valence-corrected chi connectivity index (χ4v) is 0.724. The van der Waals surface area contributed by atoms with Crippen molar-refractivity contribution in [2.24, 2.45) is 0 Å². The lowest BCUT2D eigenvalue weighted by atomic mass is 9.80. The molecule has 0 aliphatic carbocycles. The summed E-state index contributed by atoms with van der Waals surface area (Å²) in [6.45, 7) is 1.91. The molecular formula is C13H27BN2O2. The van der Waals surface area contributed by atoms with E-state index in [9.17, 15) is 10.0 Å². The Morgan fingerprint density at radius 2 is 1.06 bits per heavy atom. The van der Waals surface area contributed by atoms with Gasteiger partial charge in [0.15, 0.2) is 0 Å². The maximum Gasteiger partial charge on any atom is 0.0661 e. The molecule has 0 fully saturated rings. The van der Waals surface area contributed by atoms with Crippen molar-refractivity contribution in [3.63, 3.8) is 0 Å². The molecule has 1 aromatic rings. The maximum absolute atomic E-state index is 10.3. The van der Waals surface area contributed by atoms with Crippen LogP contribution in [0.4, 0.5) is 0 Å². The number of benzene rings is 1. The highest BCUT2D eigenvalue weighted by Gasteiger charge is 1.85. The van der Waals surface area contributed by atoms with E-state index in [-0.39, 0.29) is 0 Å². The molecule has 0 bridgehead atoms. The number of hydrogen-bond acceptors (Lipinski definition) is 2. The Hall–Kier alpha value is -0.875. The van der Waals surface area contributed by atoms with Crippen LogP contribution in [-0.2, 0) is 0 Å². The number of quaternary nitrogens is 2. The first-order valence-corrected chi connectivity index (χ1v) is 6.08. The molecule has 1 aromatic carbocycles. The molecule has 5 heteroatoms. The zero-order chi connectivity index (χ0) is 14.7. The molecule has 0 radical (unpaired) electrons. The van der Waals surface area contributed by atoms with Crippen molar-refractivity contribution in [3.8, 4) is 0 Å². The Morgan fingerprint density at radius 3 is 1.28 bits per heavy atom. The molecule has 1 rings (SSSR count). The summed E-state index contributed by atoms with van der Waals surface area (Å²) in [5.74, 6) is 0. The molecule has 0 atom stereocenters. The van der Waals surface area contributed by atoms with Crippen LogP contribution in [0.3, 0.4) is 0 Å². The minimum absolute atomic E-state index is 0.311. The standard InChI is InChI=1S/C7H7BO2.2C3H9N/c1-6-2-4-7(5-3-6)8(9)10;2*1-4(2)3/h2-5H,1H3;2*1-3H3/q-2;;/p+2. The molecule has 0 saturated carbocycles. The summed E-state index contributed by atoms with van der Waals surface area (Å²) >= 11 is 0. The first-order valence-electron chi connectivity index (χ1n) is 6.08. The van der Waals surface area contributed by atoms with Crippen LogP contribution in [0.15, 0.2) is 24.3 Å². The second kappa shape index (κ2) is 11.2. The molecule has 0 amide bonds. The number of aryl methyl sites for hydroxylation is 1. The fraction of sp³-hybridized carbons (Fsp3) is 0.538. The van der Waals surface area contributed by atoms with Crippen LogP contribution in [0.1, 0.15) is 5.56 Å². The van der Waals surface area contributed by atoms with Crippen molar-refractivity contribution in [2.45, 2.75) is 6.92 Å². The van der Waals surface area contributed by atoms with E-state index in [1.54, 1.807) is 24.3 Å². The summed E-state index contributed by atoms with van der Waals surface area (Å²) in [6, 6.07) is 6.66. The molecule has 0 heterocycles. The summed E-state index contributed by atoms with van der Waals surface area (Å²) in [4.78, 5) is 2.83. The van der Waals surface area contributed by atoms with Gasteiger partial charge in [-0.25, -0.2) is 0 Å². The van der Waals surface area contributed by atoms with E-state index >= 15 is 0 Å². The predicted octanol–water partition coefficient (Wildman–Crippen LogP) is -4.07. The van der Waals surface area contributed by atoms with Crippen molar-refractivity contribution >= 4 is 12.6 Å². The van der Waals surface area contributed by atoms with E-state index in [4.69, 9.17) is 0 Å². The number of hydrogen-bond donors (Lipinski definition) is 2. The average molecular weight is 254 g/mol. The monoisotopic (exact) mass is 254 g/mol. The Labute approximate surface area is 112 Å². The largest absolute Gasteiger partial charge is 0.889 e. The van der Waals surface area contributed by atoms with E-state index in [0.717, 1.165) is 5.56 Å². The zero-order valence-corrected chi connectivity index (χ0v) is 12.7. The fourth-order valence-electron chi connectivity index (χ4n) is 0.724. The van der Waals surface area contributed by atoms with Gasteiger partial charge in [0.2, 0.25) is 0 Å². The minimum atomic E-state index is -1.85.